The number of hydrogen-bond acceptors (Lipinski definition) is 4. The van der Waals surface area contributed by atoms with Crippen molar-refractivity contribution in [2.24, 2.45) is 0 Å². The van der Waals surface area contributed by atoms with Crippen LogP contribution in [-0.2, 0) is 9.59 Å². The quantitative estimate of drug-likeness (QED) is 0.0634. The van der Waals surface area contributed by atoms with E-state index in [1.807, 2.05) is 0 Å². The Bertz CT molecular complexity index is 690. The lowest BCUT2D eigenvalue weighted by molar-refractivity contribution is -0.132. The highest BCUT2D eigenvalue weighted by atomic mass is 16.3. The van der Waals surface area contributed by atoms with E-state index in [1.54, 1.807) is 0 Å². The molecule has 0 atom stereocenters. The molecule has 6 heteroatoms. The molecule has 0 aliphatic rings. The average molecular weight is 736 g/mol. The second kappa shape index (κ2) is 41.0. The van der Waals surface area contributed by atoms with E-state index in [4.69, 9.17) is 0 Å². The summed E-state index contributed by atoms with van der Waals surface area (Å²) in [6.45, 7) is 15.9. The maximum atomic E-state index is 13.1. The molecule has 0 saturated heterocycles. The highest BCUT2D eigenvalue weighted by molar-refractivity contribution is 5.76. The van der Waals surface area contributed by atoms with Crippen molar-refractivity contribution < 1.29 is 14.7 Å². The van der Waals surface area contributed by atoms with Gasteiger partial charge in [0.05, 0.1) is 6.61 Å². The fourth-order valence-electron chi connectivity index (χ4n) is 7.42. The summed E-state index contributed by atoms with van der Waals surface area (Å²) in [5.74, 6) is 0.767. The van der Waals surface area contributed by atoms with Crippen LogP contribution in [-0.4, -0.2) is 84.0 Å². The van der Waals surface area contributed by atoms with Gasteiger partial charge in [-0.3, -0.25) is 9.59 Å². The molecule has 310 valence electrons. The van der Waals surface area contributed by atoms with Gasteiger partial charge in [-0.05, 0) is 64.5 Å². The molecule has 0 unspecified atom stereocenters. The first-order valence-corrected chi connectivity index (χ1v) is 23.4. The Labute approximate surface area is 326 Å². The first-order chi connectivity index (χ1) is 25.5. The molecule has 52 heavy (non-hydrogen) atoms. The summed E-state index contributed by atoms with van der Waals surface area (Å²) < 4.78 is 0. The average Bonchev–Trinajstić information content (AvgIpc) is 3.14. The van der Waals surface area contributed by atoms with Gasteiger partial charge in [-0.25, -0.2) is 0 Å². The fourth-order valence-corrected chi connectivity index (χ4v) is 7.42. The summed E-state index contributed by atoms with van der Waals surface area (Å²) in [5.41, 5.74) is 0. The van der Waals surface area contributed by atoms with E-state index in [9.17, 15) is 14.7 Å². The monoisotopic (exact) mass is 736 g/mol. The van der Waals surface area contributed by atoms with Crippen molar-refractivity contribution in [3.8, 4) is 0 Å². The molecule has 0 spiro atoms. The lowest BCUT2D eigenvalue weighted by Crippen LogP contribution is -2.32. The van der Waals surface area contributed by atoms with Crippen molar-refractivity contribution in [2.75, 3.05) is 52.4 Å². The first kappa shape index (κ1) is 50.9. The Balaban J connectivity index is 4.20. The van der Waals surface area contributed by atoms with Crippen molar-refractivity contribution in [1.82, 2.24) is 14.7 Å². The van der Waals surface area contributed by atoms with Gasteiger partial charge in [-0.1, -0.05) is 169 Å². The summed E-state index contributed by atoms with van der Waals surface area (Å²) in [6, 6.07) is 0. The zero-order valence-corrected chi connectivity index (χ0v) is 35.9. The molecule has 0 aliphatic carbocycles. The zero-order chi connectivity index (χ0) is 38.2. The Morgan fingerprint density at radius 3 is 0.885 bits per heavy atom. The van der Waals surface area contributed by atoms with Crippen molar-refractivity contribution in [2.45, 2.75) is 233 Å². The van der Waals surface area contributed by atoms with Crippen LogP contribution in [0.1, 0.15) is 233 Å². The van der Waals surface area contributed by atoms with Crippen LogP contribution in [0.3, 0.4) is 0 Å². The van der Waals surface area contributed by atoms with Crippen molar-refractivity contribution in [3.05, 3.63) is 0 Å². The molecule has 6 nitrogen and oxygen atoms in total. The summed E-state index contributed by atoms with van der Waals surface area (Å²) in [7, 11) is 0. The van der Waals surface area contributed by atoms with Crippen LogP contribution in [0.25, 0.3) is 0 Å². The lowest BCUT2D eigenvalue weighted by Gasteiger charge is -2.23. The Hall–Kier alpha value is -1.14. The second-order valence-electron chi connectivity index (χ2n) is 16.0. The minimum absolute atomic E-state index is 0.228. The molecular weight excluding hydrogens is 643 g/mol. The van der Waals surface area contributed by atoms with Gasteiger partial charge in [0.15, 0.2) is 0 Å². The van der Waals surface area contributed by atoms with Crippen LogP contribution in [0.4, 0.5) is 0 Å². The molecule has 0 aromatic rings. The largest absolute Gasteiger partial charge is 0.395 e. The number of nitrogens with zero attached hydrogens (tertiary/aromatic N) is 3. The van der Waals surface area contributed by atoms with Crippen LogP contribution in [0.5, 0.6) is 0 Å². The van der Waals surface area contributed by atoms with Crippen LogP contribution >= 0.6 is 0 Å². The van der Waals surface area contributed by atoms with Crippen molar-refractivity contribution in [1.29, 1.82) is 0 Å². The van der Waals surface area contributed by atoms with E-state index >= 15 is 0 Å². The molecule has 2 amide bonds. The van der Waals surface area contributed by atoms with E-state index in [-0.39, 0.29) is 6.61 Å². The summed E-state index contributed by atoms with van der Waals surface area (Å²) in [6.07, 6.45) is 38.1. The molecule has 0 rings (SSSR count). The minimum Gasteiger partial charge on any atom is -0.395 e. The van der Waals surface area contributed by atoms with E-state index < -0.39 is 0 Å². The van der Waals surface area contributed by atoms with Gasteiger partial charge in [-0.15, -0.1) is 0 Å². The normalized spacial score (nSPS) is 11.5. The molecule has 0 bridgehead atoms. The Kier molecular flexibility index (Phi) is 40.1. The lowest BCUT2D eigenvalue weighted by atomic mass is 10.1. The Morgan fingerprint density at radius 1 is 0.327 bits per heavy atom. The molecule has 1 N–H and O–H groups in total. The van der Waals surface area contributed by atoms with Crippen LogP contribution in [0, 0.1) is 0 Å². The number of carbonyl (C=O) groups excluding carboxylic acids is 2. The highest BCUT2D eigenvalue weighted by Crippen LogP contribution is 2.14. The number of carbonyl (C=O) groups is 2. The predicted octanol–water partition coefficient (Wildman–Crippen LogP) is 12.5. The Morgan fingerprint density at radius 2 is 0.577 bits per heavy atom. The third-order valence-corrected chi connectivity index (χ3v) is 11.0. The molecule has 0 fully saturated rings. The highest BCUT2D eigenvalue weighted by Gasteiger charge is 2.14. The van der Waals surface area contributed by atoms with Gasteiger partial charge in [0.1, 0.15) is 0 Å². The van der Waals surface area contributed by atoms with Crippen LogP contribution in [0.2, 0.25) is 0 Å². The van der Waals surface area contributed by atoms with Gasteiger partial charge in [0.2, 0.25) is 11.8 Å². The summed E-state index contributed by atoms with van der Waals surface area (Å²) >= 11 is 0. The topological polar surface area (TPSA) is 64.1 Å². The van der Waals surface area contributed by atoms with E-state index in [0.717, 1.165) is 97.2 Å². The molecule has 0 saturated carbocycles. The molecule has 0 aromatic heterocycles. The van der Waals surface area contributed by atoms with Gasteiger partial charge in [-0.2, -0.15) is 0 Å². The van der Waals surface area contributed by atoms with E-state index in [1.165, 1.54) is 141 Å². The van der Waals surface area contributed by atoms with Gasteiger partial charge >= 0.3 is 0 Å². The van der Waals surface area contributed by atoms with Crippen LogP contribution in [0.15, 0.2) is 0 Å². The third kappa shape index (κ3) is 33.4. The van der Waals surface area contributed by atoms with E-state index in [0.29, 0.717) is 24.7 Å². The minimum atomic E-state index is 0.228. The smallest absolute Gasteiger partial charge is 0.222 e. The van der Waals surface area contributed by atoms with Crippen molar-refractivity contribution >= 4 is 11.8 Å². The number of unbranched alkanes of at least 4 members (excludes halogenated alkanes) is 24. The number of hydrogen-bond donors (Lipinski definition) is 1. The number of aliphatic hydroxyl groups is 1. The second-order valence-corrected chi connectivity index (χ2v) is 16.0. The van der Waals surface area contributed by atoms with Gasteiger partial charge < -0.3 is 19.8 Å². The number of rotatable bonds is 42. The molecule has 0 aromatic carbocycles. The summed E-state index contributed by atoms with van der Waals surface area (Å²) in [4.78, 5) is 32.9. The number of amides is 2. The predicted molar refractivity (Wildman–Crippen MR) is 227 cm³/mol. The van der Waals surface area contributed by atoms with Gasteiger partial charge in [0, 0.05) is 45.6 Å². The summed E-state index contributed by atoms with van der Waals surface area (Å²) in [5, 5.41) is 9.63. The molecule has 0 radical (unpaired) electrons. The maximum Gasteiger partial charge on any atom is 0.222 e. The maximum absolute atomic E-state index is 13.1. The fraction of sp³-hybridized carbons (Fsp3) is 0.957. The van der Waals surface area contributed by atoms with E-state index in [2.05, 4.69) is 42.4 Å². The molecule has 0 heterocycles. The van der Waals surface area contributed by atoms with Crippen molar-refractivity contribution in [3.63, 3.8) is 0 Å². The standard InChI is InChI=1S/C46H93N3O3/c1-5-9-13-17-25-33-41-48(39-31-15-11-7-3)45(51)35-27-21-19-23-29-37-47(43-44-50)38-30-24-20-22-28-36-46(52)49(40-32-16-12-8-4)42-34-26-18-14-10-6-2/h50H,5-44H2,1-4H3. The first-order valence-electron chi connectivity index (χ1n) is 23.4. The van der Waals surface area contributed by atoms with Crippen LogP contribution < -0.4 is 0 Å². The zero-order valence-electron chi connectivity index (χ0n) is 35.9. The molecule has 0 aliphatic heterocycles. The third-order valence-electron chi connectivity index (χ3n) is 11.0. The number of aliphatic hydroxyl groups excluding tert-OH is 1. The van der Waals surface area contributed by atoms with Gasteiger partial charge in [0.25, 0.3) is 0 Å². The SMILES string of the molecule is CCCCCCCCN(CCCCCC)C(=O)CCCCCCCN(CCO)CCCCCCCC(=O)N(CCCCCC)CCCCCCCC. The molecular formula is C46H93N3O3.